The molecule has 0 bridgehead atoms. The number of unbranched alkanes of at least 4 members (excludes halogenated alkanes) is 6. The highest BCUT2D eigenvalue weighted by molar-refractivity contribution is 5.73. The maximum absolute atomic E-state index is 10.4. The fourth-order valence-electron chi connectivity index (χ4n) is 2.34. The summed E-state index contributed by atoms with van der Waals surface area (Å²) in [4.78, 5) is 10.4. The lowest BCUT2D eigenvalue weighted by molar-refractivity contribution is -0.118. The molecule has 1 saturated carbocycles. The van der Waals surface area contributed by atoms with Crippen LogP contribution in [0.3, 0.4) is 0 Å². The Bertz CT molecular complexity index is 201. The van der Waals surface area contributed by atoms with E-state index in [1.165, 1.54) is 51.4 Å². The molecule has 1 aliphatic carbocycles. The lowest BCUT2D eigenvalue weighted by Gasteiger charge is -2.14. The zero-order chi connectivity index (χ0) is 14.3. The predicted molar refractivity (Wildman–Crippen MR) is 80.9 cm³/mol. The summed E-state index contributed by atoms with van der Waals surface area (Å²) in [6.07, 6.45) is 15.2. The molecule has 0 heterocycles. The van der Waals surface area contributed by atoms with Gasteiger partial charge in [0, 0.05) is 6.42 Å². The van der Waals surface area contributed by atoms with Gasteiger partial charge in [0.1, 0.15) is 0 Å². The van der Waals surface area contributed by atoms with Gasteiger partial charge in [-0.25, -0.2) is 0 Å². The number of rotatable bonds is 8. The number of nitrogens with two attached hydrogens (primary N) is 1. The van der Waals surface area contributed by atoms with Gasteiger partial charge in [0.25, 0.3) is 0 Å². The number of amides is 1. The molecule has 0 spiro atoms. The van der Waals surface area contributed by atoms with E-state index in [2.05, 4.69) is 6.92 Å². The molecule has 0 aliphatic heterocycles. The van der Waals surface area contributed by atoms with Gasteiger partial charge in [-0.2, -0.15) is 0 Å². The summed E-state index contributed by atoms with van der Waals surface area (Å²) >= 11 is 0. The SMILES string of the molecule is CCCCCCCCCC(N)=O.OC1CCCCC1. The Morgan fingerprint density at radius 2 is 1.53 bits per heavy atom. The second-order valence-electron chi connectivity index (χ2n) is 5.63. The van der Waals surface area contributed by atoms with Crippen LogP contribution in [0.4, 0.5) is 0 Å². The zero-order valence-corrected chi connectivity index (χ0v) is 12.7. The topological polar surface area (TPSA) is 63.3 Å². The van der Waals surface area contributed by atoms with Crippen LogP contribution in [0.25, 0.3) is 0 Å². The summed E-state index contributed by atoms with van der Waals surface area (Å²) in [5.74, 6) is -0.163. The highest BCUT2D eigenvalue weighted by Gasteiger charge is 2.07. The first-order valence-corrected chi connectivity index (χ1v) is 8.13. The van der Waals surface area contributed by atoms with E-state index in [4.69, 9.17) is 10.8 Å². The highest BCUT2D eigenvalue weighted by Crippen LogP contribution is 2.16. The standard InChI is InChI=1S/C10H21NO.C6H12O/c1-2-3-4-5-6-7-8-9-10(11)12;7-6-4-2-1-3-5-6/h2-9H2,1H3,(H2,11,12);6-7H,1-5H2. The zero-order valence-electron chi connectivity index (χ0n) is 12.7. The molecular weight excluding hydrogens is 238 g/mol. The van der Waals surface area contributed by atoms with Crippen molar-refractivity contribution in [2.75, 3.05) is 0 Å². The first-order valence-electron chi connectivity index (χ1n) is 8.13. The molecule has 0 aromatic carbocycles. The Morgan fingerprint density at radius 3 is 1.95 bits per heavy atom. The minimum Gasteiger partial charge on any atom is -0.393 e. The van der Waals surface area contributed by atoms with Gasteiger partial charge in [-0.3, -0.25) is 4.79 Å². The summed E-state index contributed by atoms with van der Waals surface area (Å²) in [7, 11) is 0. The first-order chi connectivity index (χ1) is 9.16. The fraction of sp³-hybridized carbons (Fsp3) is 0.938. The van der Waals surface area contributed by atoms with Gasteiger partial charge >= 0.3 is 0 Å². The van der Waals surface area contributed by atoms with Crippen molar-refractivity contribution >= 4 is 5.91 Å². The summed E-state index contributed by atoms with van der Waals surface area (Å²) in [5, 5.41) is 8.91. The lowest BCUT2D eigenvalue weighted by atomic mass is 9.98. The van der Waals surface area contributed by atoms with Crippen LogP contribution in [-0.4, -0.2) is 17.1 Å². The third-order valence-corrected chi connectivity index (χ3v) is 3.60. The number of hydrogen-bond donors (Lipinski definition) is 2. The average Bonchev–Trinajstić information content (AvgIpc) is 2.39. The molecular formula is C16H33NO2. The largest absolute Gasteiger partial charge is 0.393 e. The molecule has 114 valence electrons. The molecule has 0 aromatic heterocycles. The van der Waals surface area contributed by atoms with E-state index in [1.54, 1.807) is 0 Å². The monoisotopic (exact) mass is 271 g/mol. The molecule has 3 N–H and O–H groups in total. The number of aliphatic hydroxyl groups is 1. The molecule has 0 aromatic rings. The minimum atomic E-state index is -0.163. The quantitative estimate of drug-likeness (QED) is 0.657. The van der Waals surface area contributed by atoms with Gasteiger partial charge in [-0.1, -0.05) is 64.7 Å². The van der Waals surface area contributed by atoms with Crippen LogP contribution in [0, 0.1) is 0 Å². The second kappa shape index (κ2) is 13.9. The van der Waals surface area contributed by atoms with Crippen LogP contribution in [0.15, 0.2) is 0 Å². The normalized spacial score (nSPS) is 15.7. The van der Waals surface area contributed by atoms with Crippen molar-refractivity contribution in [3.63, 3.8) is 0 Å². The summed E-state index contributed by atoms with van der Waals surface area (Å²) in [6, 6.07) is 0. The van der Waals surface area contributed by atoms with Gasteiger partial charge in [-0.05, 0) is 19.3 Å². The van der Waals surface area contributed by atoms with Crippen molar-refractivity contribution in [2.24, 2.45) is 5.73 Å². The molecule has 0 atom stereocenters. The molecule has 19 heavy (non-hydrogen) atoms. The summed E-state index contributed by atoms with van der Waals surface area (Å²) in [6.45, 7) is 2.22. The molecule has 3 nitrogen and oxygen atoms in total. The molecule has 3 heteroatoms. The molecule has 0 unspecified atom stereocenters. The van der Waals surface area contributed by atoms with Crippen molar-refractivity contribution < 1.29 is 9.90 Å². The van der Waals surface area contributed by atoms with Gasteiger partial charge in [-0.15, -0.1) is 0 Å². The van der Waals surface area contributed by atoms with Crippen molar-refractivity contribution in [3.05, 3.63) is 0 Å². The van der Waals surface area contributed by atoms with Crippen LogP contribution in [-0.2, 0) is 4.79 Å². The Kier molecular flexibility index (Phi) is 13.4. The van der Waals surface area contributed by atoms with Crippen LogP contribution in [0.1, 0.15) is 90.4 Å². The van der Waals surface area contributed by atoms with Crippen LogP contribution >= 0.6 is 0 Å². The van der Waals surface area contributed by atoms with Gasteiger partial charge < -0.3 is 10.8 Å². The van der Waals surface area contributed by atoms with Crippen LogP contribution in [0.2, 0.25) is 0 Å². The van der Waals surface area contributed by atoms with Crippen molar-refractivity contribution in [2.45, 2.75) is 96.5 Å². The summed E-state index contributed by atoms with van der Waals surface area (Å²) in [5.41, 5.74) is 5.02. The molecule has 1 fully saturated rings. The van der Waals surface area contributed by atoms with E-state index >= 15 is 0 Å². The second-order valence-corrected chi connectivity index (χ2v) is 5.63. The van der Waals surface area contributed by atoms with Crippen LogP contribution in [0.5, 0.6) is 0 Å². The Hall–Kier alpha value is -0.570. The summed E-state index contributed by atoms with van der Waals surface area (Å²) < 4.78 is 0. The Morgan fingerprint density at radius 1 is 1.00 bits per heavy atom. The number of carbonyl (C=O) groups excluding carboxylic acids is 1. The third kappa shape index (κ3) is 15.4. The minimum absolute atomic E-state index is 0.0359. The lowest BCUT2D eigenvalue weighted by Crippen LogP contribution is -2.09. The van der Waals surface area contributed by atoms with Crippen molar-refractivity contribution in [1.29, 1.82) is 0 Å². The predicted octanol–water partition coefficient (Wildman–Crippen LogP) is 3.92. The third-order valence-electron chi connectivity index (χ3n) is 3.60. The van der Waals surface area contributed by atoms with Gasteiger partial charge in [0.05, 0.1) is 6.10 Å². The van der Waals surface area contributed by atoms with Gasteiger partial charge in [0.2, 0.25) is 5.91 Å². The highest BCUT2D eigenvalue weighted by atomic mass is 16.3. The molecule has 0 radical (unpaired) electrons. The van der Waals surface area contributed by atoms with Crippen LogP contribution < -0.4 is 5.73 Å². The number of aliphatic hydroxyl groups excluding tert-OH is 1. The maximum atomic E-state index is 10.4. The number of primary amides is 1. The molecule has 1 rings (SSSR count). The van der Waals surface area contributed by atoms with Crippen molar-refractivity contribution in [3.8, 4) is 0 Å². The average molecular weight is 271 g/mol. The number of hydrogen-bond acceptors (Lipinski definition) is 2. The molecule has 0 saturated heterocycles. The fourth-order valence-corrected chi connectivity index (χ4v) is 2.34. The van der Waals surface area contributed by atoms with E-state index in [-0.39, 0.29) is 12.0 Å². The first kappa shape index (κ1) is 18.4. The molecule has 1 amide bonds. The van der Waals surface area contributed by atoms with E-state index in [0.29, 0.717) is 6.42 Å². The van der Waals surface area contributed by atoms with E-state index < -0.39 is 0 Å². The maximum Gasteiger partial charge on any atom is 0.217 e. The number of carbonyl (C=O) groups is 1. The van der Waals surface area contributed by atoms with Crippen molar-refractivity contribution in [1.82, 2.24) is 0 Å². The van der Waals surface area contributed by atoms with E-state index in [1.807, 2.05) is 0 Å². The van der Waals surface area contributed by atoms with E-state index in [9.17, 15) is 4.79 Å². The van der Waals surface area contributed by atoms with Gasteiger partial charge in [0.15, 0.2) is 0 Å². The van der Waals surface area contributed by atoms with E-state index in [0.717, 1.165) is 25.7 Å². The Balaban J connectivity index is 0.000000388. The Labute approximate surface area is 119 Å². The smallest absolute Gasteiger partial charge is 0.217 e. The molecule has 1 aliphatic rings.